The van der Waals surface area contributed by atoms with Crippen LogP contribution in [0.2, 0.25) is 5.02 Å². The zero-order chi connectivity index (χ0) is 20.9. The van der Waals surface area contributed by atoms with Gasteiger partial charge in [-0.25, -0.2) is 12.8 Å². The Morgan fingerprint density at radius 1 is 0.966 bits per heavy atom. The van der Waals surface area contributed by atoms with E-state index in [1.54, 1.807) is 48.5 Å². The standard InChI is InChI=1S/C21H18ClFN2O3S/c22-16-7-4-8-18(14-16)24-21(26)20(13-15-5-2-1-3-6-15)25-29(27,28)19-11-9-17(23)10-12-19/h1-12,14,20,25H,13H2,(H,24,26)/t20-/m0/s1. The Morgan fingerprint density at radius 2 is 1.66 bits per heavy atom. The molecule has 1 atom stereocenters. The maximum Gasteiger partial charge on any atom is 0.242 e. The van der Waals surface area contributed by atoms with Crippen LogP contribution >= 0.6 is 11.6 Å². The Balaban J connectivity index is 1.85. The first-order valence-electron chi connectivity index (χ1n) is 8.72. The number of anilines is 1. The van der Waals surface area contributed by atoms with Crippen LogP contribution in [0.1, 0.15) is 5.56 Å². The van der Waals surface area contributed by atoms with Gasteiger partial charge in [0.1, 0.15) is 11.9 Å². The van der Waals surface area contributed by atoms with Gasteiger partial charge < -0.3 is 5.32 Å². The summed E-state index contributed by atoms with van der Waals surface area (Å²) < 4.78 is 41.0. The molecule has 2 N–H and O–H groups in total. The maximum absolute atomic E-state index is 13.1. The average molecular weight is 433 g/mol. The van der Waals surface area contributed by atoms with E-state index in [1.165, 1.54) is 0 Å². The van der Waals surface area contributed by atoms with E-state index in [1.807, 2.05) is 6.07 Å². The van der Waals surface area contributed by atoms with E-state index in [9.17, 15) is 17.6 Å². The summed E-state index contributed by atoms with van der Waals surface area (Å²) in [6.07, 6.45) is 0.133. The van der Waals surface area contributed by atoms with Crippen LogP contribution in [0, 0.1) is 5.82 Å². The summed E-state index contributed by atoms with van der Waals surface area (Å²) >= 11 is 5.94. The largest absolute Gasteiger partial charge is 0.325 e. The van der Waals surface area contributed by atoms with Gasteiger partial charge in [0.2, 0.25) is 15.9 Å². The molecule has 8 heteroatoms. The highest BCUT2D eigenvalue weighted by molar-refractivity contribution is 7.89. The minimum absolute atomic E-state index is 0.132. The van der Waals surface area contributed by atoms with E-state index in [0.29, 0.717) is 10.7 Å². The lowest BCUT2D eigenvalue weighted by molar-refractivity contribution is -0.117. The zero-order valence-electron chi connectivity index (χ0n) is 15.2. The Kier molecular flexibility index (Phi) is 6.64. The lowest BCUT2D eigenvalue weighted by Gasteiger charge is -2.19. The molecule has 3 rings (SSSR count). The Morgan fingerprint density at radius 3 is 2.31 bits per heavy atom. The molecule has 0 fully saturated rings. The molecule has 0 bridgehead atoms. The molecule has 0 spiro atoms. The van der Waals surface area contributed by atoms with Crippen molar-refractivity contribution in [2.24, 2.45) is 0 Å². The summed E-state index contributed by atoms with van der Waals surface area (Å²) in [6, 6.07) is 18.9. The zero-order valence-corrected chi connectivity index (χ0v) is 16.8. The third-order valence-electron chi connectivity index (χ3n) is 4.11. The molecule has 0 radical (unpaired) electrons. The van der Waals surface area contributed by atoms with Gasteiger partial charge in [0.15, 0.2) is 0 Å². The number of benzene rings is 3. The number of hydrogen-bond donors (Lipinski definition) is 2. The third kappa shape index (κ3) is 5.87. The summed E-state index contributed by atoms with van der Waals surface area (Å²) in [5, 5.41) is 3.12. The normalized spacial score (nSPS) is 12.3. The quantitative estimate of drug-likeness (QED) is 0.592. The Bertz CT molecular complexity index is 1090. The number of halogens is 2. The van der Waals surface area contributed by atoms with Crippen LogP contribution < -0.4 is 10.0 Å². The van der Waals surface area contributed by atoms with Crippen molar-refractivity contribution >= 4 is 33.2 Å². The molecule has 0 saturated heterocycles. The van der Waals surface area contributed by atoms with Crippen LogP contribution in [0.25, 0.3) is 0 Å². The van der Waals surface area contributed by atoms with E-state index < -0.39 is 27.8 Å². The molecule has 29 heavy (non-hydrogen) atoms. The Labute approximate surface area is 173 Å². The number of nitrogens with one attached hydrogen (secondary N) is 2. The minimum Gasteiger partial charge on any atom is -0.325 e. The molecule has 3 aromatic rings. The van der Waals surface area contributed by atoms with Crippen molar-refractivity contribution in [3.63, 3.8) is 0 Å². The van der Waals surface area contributed by atoms with Crippen molar-refractivity contribution in [3.05, 3.63) is 95.3 Å². The van der Waals surface area contributed by atoms with Gasteiger partial charge in [-0.15, -0.1) is 0 Å². The molecule has 0 aliphatic rings. The van der Waals surface area contributed by atoms with Gasteiger partial charge in [-0.1, -0.05) is 48.0 Å². The minimum atomic E-state index is -4.05. The molecular weight excluding hydrogens is 415 g/mol. The first kappa shape index (κ1) is 21.0. The van der Waals surface area contributed by atoms with E-state index in [-0.39, 0.29) is 11.3 Å². The second-order valence-electron chi connectivity index (χ2n) is 6.32. The second-order valence-corrected chi connectivity index (χ2v) is 8.47. The predicted octanol–water partition coefficient (Wildman–Crippen LogP) is 4.01. The van der Waals surface area contributed by atoms with Crippen LogP contribution in [0.3, 0.4) is 0 Å². The molecule has 0 aromatic heterocycles. The summed E-state index contributed by atoms with van der Waals surface area (Å²) in [5.41, 5.74) is 1.22. The van der Waals surface area contributed by atoms with Gasteiger partial charge in [-0.3, -0.25) is 4.79 Å². The van der Waals surface area contributed by atoms with Crippen molar-refractivity contribution in [2.75, 3.05) is 5.32 Å². The summed E-state index contributed by atoms with van der Waals surface area (Å²) in [7, 11) is -4.05. The molecule has 0 saturated carbocycles. The summed E-state index contributed by atoms with van der Waals surface area (Å²) in [5.74, 6) is -1.09. The van der Waals surface area contributed by atoms with Crippen LogP contribution in [0.15, 0.2) is 83.8 Å². The van der Waals surface area contributed by atoms with Crippen molar-refractivity contribution in [3.8, 4) is 0 Å². The highest BCUT2D eigenvalue weighted by Gasteiger charge is 2.26. The smallest absolute Gasteiger partial charge is 0.242 e. The number of hydrogen-bond acceptors (Lipinski definition) is 3. The average Bonchev–Trinajstić information content (AvgIpc) is 2.68. The lowest BCUT2D eigenvalue weighted by atomic mass is 10.1. The second kappa shape index (κ2) is 9.17. The van der Waals surface area contributed by atoms with Gasteiger partial charge in [-0.2, -0.15) is 4.72 Å². The van der Waals surface area contributed by atoms with Gasteiger partial charge in [-0.05, 0) is 54.4 Å². The predicted molar refractivity (Wildman–Crippen MR) is 111 cm³/mol. The van der Waals surface area contributed by atoms with Crippen LogP contribution in [-0.2, 0) is 21.2 Å². The lowest BCUT2D eigenvalue weighted by Crippen LogP contribution is -2.45. The van der Waals surface area contributed by atoms with Gasteiger partial charge in [0.05, 0.1) is 4.90 Å². The van der Waals surface area contributed by atoms with Gasteiger partial charge >= 0.3 is 0 Å². The highest BCUT2D eigenvalue weighted by Crippen LogP contribution is 2.17. The molecule has 5 nitrogen and oxygen atoms in total. The number of amides is 1. The highest BCUT2D eigenvalue weighted by atomic mass is 35.5. The fourth-order valence-corrected chi connectivity index (χ4v) is 4.09. The number of sulfonamides is 1. The van der Waals surface area contributed by atoms with Crippen LogP contribution in [-0.4, -0.2) is 20.4 Å². The number of carbonyl (C=O) groups is 1. The molecule has 1 amide bonds. The van der Waals surface area contributed by atoms with E-state index in [2.05, 4.69) is 10.0 Å². The molecule has 0 unspecified atom stereocenters. The topological polar surface area (TPSA) is 75.3 Å². The van der Waals surface area contributed by atoms with Crippen LogP contribution in [0.5, 0.6) is 0 Å². The molecule has 0 aliphatic heterocycles. The first-order chi connectivity index (χ1) is 13.8. The molecule has 150 valence electrons. The fraction of sp³-hybridized carbons (Fsp3) is 0.0952. The van der Waals surface area contributed by atoms with Crippen molar-refractivity contribution in [2.45, 2.75) is 17.4 Å². The van der Waals surface area contributed by atoms with Crippen molar-refractivity contribution in [1.82, 2.24) is 4.72 Å². The summed E-state index contributed by atoms with van der Waals surface area (Å²) in [4.78, 5) is 12.7. The monoisotopic (exact) mass is 432 g/mol. The fourth-order valence-electron chi connectivity index (χ4n) is 2.70. The Hall–Kier alpha value is -2.74. The summed E-state index contributed by atoms with van der Waals surface area (Å²) in [6.45, 7) is 0. The van der Waals surface area contributed by atoms with E-state index in [4.69, 9.17) is 11.6 Å². The maximum atomic E-state index is 13.1. The first-order valence-corrected chi connectivity index (χ1v) is 10.6. The van der Waals surface area contributed by atoms with Crippen LogP contribution in [0.4, 0.5) is 10.1 Å². The van der Waals surface area contributed by atoms with Gasteiger partial charge in [0, 0.05) is 10.7 Å². The molecule has 0 aliphatic carbocycles. The van der Waals surface area contributed by atoms with Crippen molar-refractivity contribution in [1.29, 1.82) is 0 Å². The molecule has 0 heterocycles. The number of rotatable bonds is 7. The van der Waals surface area contributed by atoms with Crippen molar-refractivity contribution < 1.29 is 17.6 Å². The van der Waals surface area contributed by atoms with Gasteiger partial charge in [0.25, 0.3) is 0 Å². The van der Waals surface area contributed by atoms with E-state index in [0.717, 1.165) is 29.8 Å². The third-order valence-corrected chi connectivity index (χ3v) is 5.84. The molecular formula is C21H18ClFN2O3S. The van der Waals surface area contributed by atoms with E-state index >= 15 is 0 Å². The SMILES string of the molecule is O=C(Nc1cccc(Cl)c1)[C@H](Cc1ccccc1)NS(=O)(=O)c1ccc(F)cc1. The number of carbonyl (C=O) groups excluding carboxylic acids is 1. The molecule has 3 aromatic carbocycles.